The van der Waals surface area contributed by atoms with Gasteiger partial charge in [0.2, 0.25) is 0 Å². The summed E-state index contributed by atoms with van der Waals surface area (Å²) in [5.74, 6) is 0. The van der Waals surface area contributed by atoms with Crippen LogP contribution in [0.5, 0.6) is 0 Å². The number of hydrogen-bond donors (Lipinski definition) is 0. The summed E-state index contributed by atoms with van der Waals surface area (Å²) < 4.78 is 4.81. The van der Waals surface area contributed by atoms with Crippen LogP contribution in [0.2, 0.25) is 0 Å². The normalized spacial score (nSPS) is 13.2. The third kappa shape index (κ3) is 4.39. The molecule has 0 saturated carbocycles. The van der Waals surface area contributed by atoms with Crippen LogP contribution in [0, 0.1) is 0 Å². The Labute approximate surface area is 308 Å². The maximum atomic E-state index is 2.43. The van der Waals surface area contributed by atoms with Gasteiger partial charge in [-0.2, -0.15) is 0 Å². The summed E-state index contributed by atoms with van der Waals surface area (Å²) >= 11 is 0. The fourth-order valence-electron chi connectivity index (χ4n) is 9.13. The van der Waals surface area contributed by atoms with E-state index < -0.39 is 0 Å². The molecule has 0 radical (unpaired) electrons. The van der Waals surface area contributed by atoms with E-state index in [1.807, 2.05) is 0 Å². The Balaban J connectivity index is 1.11. The maximum absolute atomic E-state index is 2.43. The summed E-state index contributed by atoms with van der Waals surface area (Å²) in [4.78, 5) is 0. The first-order valence-corrected chi connectivity index (χ1v) is 18.5. The molecule has 2 heteroatoms. The van der Waals surface area contributed by atoms with E-state index in [4.69, 9.17) is 0 Å². The summed E-state index contributed by atoms with van der Waals surface area (Å²) in [6.45, 7) is 4.72. The topological polar surface area (TPSA) is 9.86 Å². The Bertz CT molecular complexity index is 3070. The van der Waals surface area contributed by atoms with Gasteiger partial charge in [-0.15, -0.1) is 0 Å². The van der Waals surface area contributed by atoms with Crippen LogP contribution in [0.1, 0.15) is 25.0 Å². The standard InChI is InChI=1S/C51H36N2/c1-51(2)45-19-11-9-17-39(45)40-25-21-35(31-46(40)51)33-23-27-48-43(29-33)44-30-34(24-28-49(44)52(48)37-13-5-3-6-14-37)36-22-26-42-41-18-10-12-20-47(41)53(50(42)32-36)38-15-7-4-8-16-38/h3-32H,1-2H3. The number of fused-ring (bicyclic) bond motifs is 9. The van der Waals surface area contributed by atoms with Gasteiger partial charge in [-0.25, -0.2) is 0 Å². The highest BCUT2D eigenvalue weighted by Crippen LogP contribution is 2.50. The minimum atomic E-state index is -0.0441. The van der Waals surface area contributed by atoms with E-state index in [1.165, 1.54) is 99.5 Å². The number of nitrogens with zero attached hydrogens (tertiary/aromatic N) is 2. The third-order valence-electron chi connectivity index (χ3n) is 11.7. The zero-order valence-corrected chi connectivity index (χ0v) is 29.7. The minimum Gasteiger partial charge on any atom is -0.309 e. The van der Waals surface area contributed by atoms with Crippen molar-refractivity contribution in [3.05, 3.63) is 193 Å². The van der Waals surface area contributed by atoms with Gasteiger partial charge in [0.1, 0.15) is 0 Å². The summed E-state index contributed by atoms with van der Waals surface area (Å²) in [6.07, 6.45) is 0. The minimum absolute atomic E-state index is 0.0441. The molecule has 53 heavy (non-hydrogen) atoms. The lowest BCUT2D eigenvalue weighted by atomic mass is 9.81. The fraction of sp³-hybridized carbons (Fsp3) is 0.0588. The van der Waals surface area contributed by atoms with Crippen LogP contribution in [0.3, 0.4) is 0 Å². The number of hydrogen-bond acceptors (Lipinski definition) is 0. The highest BCUT2D eigenvalue weighted by atomic mass is 15.0. The molecule has 0 spiro atoms. The second-order valence-electron chi connectivity index (χ2n) is 15.0. The van der Waals surface area contributed by atoms with Crippen molar-refractivity contribution in [2.24, 2.45) is 0 Å². The predicted molar refractivity (Wildman–Crippen MR) is 224 cm³/mol. The summed E-state index contributed by atoms with van der Waals surface area (Å²) in [5.41, 5.74) is 17.6. The molecule has 0 bridgehead atoms. The van der Waals surface area contributed by atoms with Crippen molar-refractivity contribution in [3.63, 3.8) is 0 Å². The number of para-hydroxylation sites is 3. The zero-order chi connectivity index (χ0) is 35.3. The van der Waals surface area contributed by atoms with Gasteiger partial charge in [-0.3, -0.25) is 0 Å². The zero-order valence-electron chi connectivity index (χ0n) is 29.7. The van der Waals surface area contributed by atoms with Crippen LogP contribution < -0.4 is 0 Å². The molecule has 11 rings (SSSR count). The van der Waals surface area contributed by atoms with Gasteiger partial charge in [0.15, 0.2) is 0 Å². The lowest BCUT2D eigenvalue weighted by Gasteiger charge is -2.22. The van der Waals surface area contributed by atoms with Gasteiger partial charge >= 0.3 is 0 Å². The van der Waals surface area contributed by atoms with Crippen LogP contribution in [0.4, 0.5) is 0 Å². The lowest BCUT2D eigenvalue weighted by molar-refractivity contribution is 0.660. The fourth-order valence-corrected chi connectivity index (χ4v) is 9.13. The molecule has 10 aromatic rings. The van der Waals surface area contributed by atoms with Crippen molar-refractivity contribution < 1.29 is 0 Å². The van der Waals surface area contributed by atoms with E-state index >= 15 is 0 Å². The molecule has 0 fully saturated rings. The molecule has 8 aromatic carbocycles. The Morgan fingerprint density at radius 1 is 0.321 bits per heavy atom. The Morgan fingerprint density at radius 2 is 0.792 bits per heavy atom. The molecular formula is C51H36N2. The molecule has 2 nitrogen and oxygen atoms in total. The maximum Gasteiger partial charge on any atom is 0.0547 e. The molecule has 1 aliphatic carbocycles. The molecule has 2 aromatic heterocycles. The first kappa shape index (κ1) is 30.0. The van der Waals surface area contributed by atoms with E-state index in [-0.39, 0.29) is 5.41 Å². The highest BCUT2D eigenvalue weighted by Gasteiger charge is 2.35. The van der Waals surface area contributed by atoms with E-state index in [2.05, 4.69) is 205 Å². The second-order valence-corrected chi connectivity index (χ2v) is 15.0. The second kappa shape index (κ2) is 11.2. The lowest BCUT2D eigenvalue weighted by Crippen LogP contribution is -2.14. The number of aromatic nitrogens is 2. The molecule has 0 unspecified atom stereocenters. The summed E-state index contributed by atoms with van der Waals surface area (Å²) in [5, 5.41) is 5.04. The van der Waals surface area contributed by atoms with Gasteiger partial charge < -0.3 is 9.13 Å². The first-order valence-electron chi connectivity index (χ1n) is 18.5. The van der Waals surface area contributed by atoms with Crippen LogP contribution in [-0.4, -0.2) is 9.13 Å². The highest BCUT2D eigenvalue weighted by molar-refractivity contribution is 6.13. The first-order chi connectivity index (χ1) is 26.0. The van der Waals surface area contributed by atoms with Gasteiger partial charge in [0.25, 0.3) is 0 Å². The molecule has 1 aliphatic rings. The Morgan fingerprint density at radius 3 is 1.49 bits per heavy atom. The van der Waals surface area contributed by atoms with Crippen molar-refractivity contribution in [1.29, 1.82) is 0 Å². The average molecular weight is 677 g/mol. The SMILES string of the molecule is CC1(C)c2ccccc2-c2ccc(-c3ccc4c(c3)c3cc(-c5ccc6c7ccccc7n(-c7ccccc7)c6c5)ccc3n4-c3ccccc3)cc21. The van der Waals surface area contributed by atoms with Gasteiger partial charge in [-0.1, -0.05) is 129 Å². The average Bonchev–Trinajstić information content (AvgIpc) is 3.80. The van der Waals surface area contributed by atoms with Crippen LogP contribution >= 0.6 is 0 Å². The molecule has 0 saturated heterocycles. The van der Waals surface area contributed by atoms with Crippen LogP contribution in [0.15, 0.2) is 182 Å². The quantitative estimate of drug-likeness (QED) is 0.176. The molecular weight excluding hydrogens is 641 g/mol. The van der Waals surface area contributed by atoms with Gasteiger partial charge in [0.05, 0.1) is 22.1 Å². The third-order valence-corrected chi connectivity index (χ3v) is 11.7. The van der Waals surface area contributed by atoms with E-state index in [1.54, 1.807) is 0 Å². The van der Waals surface area contributed by atoms with Crippen molar-refractivity contribution in [3.8, 4) is 44.8 Å². The van der Waals surface area contributed by atoms with Crippen molar-refractivity contribution >= 4 is 43.6 Å². The van der Waals surface area contributed by atoms with E-state index in [0.29, 0.717) is 0 Å². The van der Waals surface area contributed by atoms with Gasteiger partial charge in [0, 0.05) is 38.3 Å². The molecule has 250 valence electrons. The molecule has 0 amide bonds. The molecule has 0 N–H and O–H groups in total. The molecule has 0 atom stereocenters. The molecule has 0 aliphatic heterocycles. The molecule has 2 heterocycles. The Kier molecular flexibility index (Phi) is 6.33. The monoisotopic (exact) mass is 676 g/mol. The predicted octanol–water partition coefficient (Wildman–Crippen LogP) is 13.5. The van der Waals surface area contributed by atoms with Crippen molar-refractivity contribution in [1.82, 2.24) is 9.13 Å². The van der Waals surface area contributed by atoms with E-state index in [0.717, 1.165) is 0 Å². The Hall–Kier alpha value is -6.64. The largest absolute Gasteiger partial charge is 0.309 e. The number of rotatable bonds is 4. The summed E-state index contributed by atoms with van der Waals surface area (Å²) in [7, 11) is 0. The van der Waals surface area contributed by atoms with Crippen LogP contribution in [0.25, 0.3) is 88.4 Å². The summed E-state index contributed by atoms with van der Waals surface area (Å²) in [6, 6.07) is 67.1. The van der Waals surface area contributed by atoms with Crippen LogP contribution in [-0.2, 0) is 5.41 Å². The van der Waals surface area contributed by atoms with E-state index in [9.17, 15) is 0 Å². The van der Waals surface area contributed by atoms with Gasteiger partial charge in [-0.05, 0) is 111 Å². The van der Waals surface area contributed by atoms with Crippen molar-refractivity contribution in [2.75, 3.05) is 0 Å². The smallest absolute Gasteiger partial charge is 0.0547 e. The number of benzene rings is 8. The van der Waals surface area contributed by atoms with Crippen molar-refractivity contribution in [2.45, 2.75) is 19.3 Å².